The van der Waals surface area contributed by atoms with Crippen LogP contribution in [-0.2, 0) is 26.4 Å². The number of nitro benzene ring substituents is 1. The van der Waals surface area contributed by atoms with Gasteiger partial charge in [-0.15, -0.1) is 4.72 Å². The molecule has 0 aliphatic heterocycles. The van der Waals surface area contributed by atoms with Gasteiger partial charge in [0.1, 0.15) is 4.75 Å². The summed E-state index contributed by atoms with van der Waals surface area (Å²) in [5, 5.41) is 11.1. The predicted molar refractivity (Wildman–Crippen MR) is 97.3 cm³/mol. The van der Waals surface area contributed by atoms with E-state index >= 15 is 0 Å². The highest BCUT2D eigenvalue weighted by molar-refractivity contribution is 7.90. The number of hydrogen-bond acceptors (Lipinski definition) is 6. The number of methoxy groups -OCH3 is 1. The maximum Gasteiger partial charge on any atom is 0.307 e. The summed E-state index contributed by atoms with van der Waals surface area (Å²) in [6.45, 7) is 7.39. The molecule has 25 heavy (non-hydrogen) atoms. The highest BCUT2D eigenvalue weighted by Gasteiger charge is 2.42. The second kappa shape index (κ2) is 8.64. The van der Waals surface area contributed by atoms with Gasteiger partial charge >= 0.3 is 5.97 Å². The molecule has 1 rings (SSSR count). The molecule has 0 aliphatic carbocycles. The highest BCUT2D eigenvalue weighted by Crippen LogP contribution is 2.35. The summed E-state index contributed by atoms with van der Waals surface area (Å²) in [6, 6.07) is 6.08. The van der Waals surface area contributed by atoms with Crippen LogP contribution in [0.5, 0.6) is 0 Å². The monoisotopic (exact) mass is 370 g/mol. The first-order valence-corrected chi connectivity index (χ1v) is 9.22. The van der Waals surface area contributed by atoms with Crippen molar-refractivity contribution in [3.8, 4) is 0 Å². The molecule has 0 aromatic heterocycles. The molecule has 0 fully saturated rings. The molecule has 0 saturated heterocycles. The fraction of sp³-hybridized carbons (Fsp3) is 0.588. The van der Waals surface area contributed by atoms with E-state index in [0.717, 1.165) is 0 Å². The molecule has 0 heterocycles. The first-order chi connectivity index (χ1) is 11.6. The Bertz CT molecular complexity index is 617. The number of nitrogens with zero attached hydrogens (tertiary/aromatic N) is 1. The Balaban J connectivity index is 3.44. The number of benzene rings is 1. The van der Waals surface area contributed by atoms with E-state index in [1.54, 1.807) is 12.1 Å². The first-order valence-electron chi connectivity index (χ1n) is 8.07. The number of nitrogens with one attached hydrogen (secondary N) is 1. The largest absolute Gasteiger partial charge is 0.598 e. The van der Waals surface area contributed by atoms with Crippen LogP contribution in [0.2, 0.25) is 0 Å². The van der Waals surface area contributed by atoms with Gasteiger partial charge in [-0.3, -0.25) is 14.9 Å². The zero-order valence-electron chi connectivity index (χ0n) is 15.3. The number of carbonyl (C=O) groups excluding carboxylic acids is 1. The lowest BCUT2D eigenvalue weighted by Crippen LogP contribution is -2.52. The van der Waals surface area contributed by atoms with E-state index in [1.165, 1.54) is 19.2 Å². The van der Waals surface area contributed by atoms with Crippen molar-refractivity contribution < 1.29 is 19.0 Å². The van der Waals surface area contributed by atoms with Crippen LogP contribution < -0.4 is 4.72 Å². The van der Waals surface area contributed by atoms with Crippen LogP contribution in [0.15, 0.2) is 24.3 Å². The normalized spacial score (nSPS) is 15.3. The molecule has 140 valence electrons. The van der Waals surface area contributed by atoms with Crippen LogP contribution in [0.4, 0.5) is 5.69 Å². The van der Waals surface area contributed by atoms with E-state index in [1.807, 2.05) is 27.7 Å². The lowest BCUT2D eigenvalue weighted by molar-refractivity contribution is -0.385. The maximum atomic E-state index is 12.7. The second-order valence-electron chi connectivity index (χ2n) is 6.88. The Morgan fingerprint density at radius 2 is 2.00 bits per heavy atom. The third-order valence-corrected chi connectivity index (χ3v) is 5.49. The molecule has 1 aromatic rings. The van der Waals surface area contributed by atoms with Gasteiger partial charge in [-0.1, -0.05) is 25.5 Å². The third-order valence-electron chi connectivity index (χ3n) is 3.80. The van der Waals surface area contributed by atoms with Crippen molar-refractivity contribution in [1.29, 1.82) is 0 Å². The lowest BCUT2D eigenvalue weighted by atomic mass is 9.83. The Morgan fingerprint density at radius 3 is 2.48 bits per heavy atom. The Morgan fingerprint density at radius 1 is 1.36 bits per heavy atom. The predicted octanol–water partition coefficient (Wildman–Crippen LogP) is 3.21. The molecular weight excluding hydrogens is 344 g/mol. The molecule has 0 radical (unpaired) electrons. The minimum atomic E-state index is -1.47. The van der Waals surface area contributed by atoms with Crippen molar-refractivity contribution >= 4 is 23.0 Å². The van der Waals surface area contributed by atoms with Crippen LogP contribution >= 0.6 is 0 Å². The molecule has 2 atom stereocenters. The van der Waals surface area contributed by atoms with E-state index in [4.69, 9.17) is 4.74 Å². The third kappa shape index (κ3) is 5.69. The van der Waals surface area contributed by atoms with Crippen molar-refractivity contribution in [3.05, 3.63) is 39.9 Å². The van der Waals surface area contributed by atoms with Crippen LogP contribution in [0.3, 0.4) is 0 Å². The number of carbonyl (C=O) groups is 1. The van der Waals surface area contributed by atoms with E-state index < -0.39 is 32.5 Å². The summed E-state index contributed by atoms with van der Waals surface area (Å²) in [7, 11) is 1.28. The van der Waals surface area contributed by atoms with E-state index in [-0.39, 0.29) is 12.1 Å². The molecule has 0 spiro atoms. The maximum absolute atomic E-state index is 12.7. The van der Waals surface area contributed by atoms with Gasteiger partial charge in [0.2, 0.25) is 0 Å². The summed E-state index contributed by atoms with van der Waals surface area (Å²) in [6.07, 6.45) is 1.10. The number of esters is 1. The average molecular weight is 370 g/mol. The van der Waals surface area contributed by atoms with Crippen LogP contribution in [0.1, 0.15) is 52.5 Å². The van der Waals surface area contributed by atoms with Crippen molar-refractivity contribution in [2.45, 2.75) is 57.2 Å². The highest BCUT2D eigenvalue weighted by atomic mass is 32.2. The Labute approximate surface area is 151 Å². The van der Waals surface area contributed by atoms with Crippen LogP contribution in [0.25, 0.3) is 0 Å². The number of rotatable bonds is 8. The second-order valence-corrected chi connectivity index (χ2v) is 8.84. The molecule has 1 N–H and O–H groups in total. The minimum Gasteiger partial charge on any atom is -0.598 e. The van der Waals surface area contributed by atoms with E-state index in [2.05, 4.69) is 4.72 Å². The van der Waals surface area contributed by atoms with Gasteiger partial charge in [0.25, 0.3) is 5.69 Å². The summed E-state index contributed by atoms with van der Waals surface area (Å²) in [4.78, 5) is 22.7. The molecule has 8 heteroatoms. The van der Waals surface area contributed by atoms with Crippen molar-refractivity contribution in [3.63, 3.8) is 0 Å². The number of non-ortho nitro benzene ring substituents is 1. The Hall–Kier alpha value is -1.64. The SMILES string of the molecule is CCCC(CC(=O)OC)(N[S@+]([O-])C(C)(C)C)c1cccc([N+](=O)[O-])c1. The molecule has 1 aromatic carbocycles. The smallest absolute Gasteiger partial charge is 0.307 e. The summed E-state index contributed by atoms with van der Waals surface area (Å²) in [5.74, 6) is -0.474. The van der Waals surface area contributed by atoms with Gasteiger partial charge in [0, 0.05) is 23.5 Å². The van der Waals surface area contributed by atoms with Gasteiger partial charge in [0.15, 0.2) is 0 Å². The van der Waals surface area contributed by atoms with Crippen molar-refractivity contribution in [1.82, 2.24) is 4.72 Å². The van der Waals surface area contributed by atoms with Crippen molar-refractivity contribution in [2.24, 2.45) is 0 Å². The number of ether oxygens (including phenoxy) is 1. The average Bonchev–Trinajstić information content (AvgIpc) is 2.53. The van der Waals surface area contributed by atoms with Gasteiger partial charge in [-0.05, 0) is 32.8 Å². The van der Waals surface area contributed by atoms with Gasteiger partial charge in [-0.25, -0.2) is 0 Å². The summed E-state index contributed by atoms with van der Waals surface area (Å²) >= 11 is -1.47. The fourth-order valence-electron chi connectivity index (χ4n) is 2.47. The summed E-state index contributed by atoms with van der Waals surface area (Å²) < 4.78 is 20.0. The van der Waals surface area contributed by atoms with E-state index in [0.29, 0.717) is 18.4 Å². The van der Waals surface area contributed by atoms with Gasteiger partial charge in [-0.2, -0.15) is 0 Å². The fourth-order valence-corrected chi connectivity index (χ4v) is 3.43. The number of nitro groups is 1. The first kappa shape index (κ1) is 21.4. The van der Waals surface area contributed by atoms with Crippen LogP contribution in [0, 0.1) is 10.1 Å². The van der Waals surface area contributed by atoms with Crippen LogP contribution in [-0.4, -0.2) is 27.3 Å². The van der Waals surface area contributed by atoms with Gasteiger partial charge in [0.05, 0.1) is 24.0 Å². The molecular formula is C17H26N2O5S. The quantitative estimate of drug-likeness (QED) is 0.326. The minimum absolute atomic E-state index is 0.0691. The molecule has 0 aliphatic rings. The lowest BCUT2D eigenvalue weighted by Gasteiger charge is -2.37. The van der Waals surface area contributed by atoms with Crippen molar-refractivity contribution in [2.75, 3.05) is 7.11 Å². The standard InChI is InChI=1S/C17H26N2O5S/c1-6-10-17(12-15(20)24-5,18-25(23)16(2,3)4)13-8-7-9-14(11-13)19(21)22/h7-9,11,18H,6,10,12H2,1-5H3/t17?,25-/m1/s1. The van der Waals surface area contributed by atoms with Gasteiger partial charge < -0.3 is 9.29 Å². The van der Waals surface area contributed by atoms with E-state index in [9.17, 15) is 19.5 Å². The molecule has 0 bridgehead atoms. The number of hydrogen-bond donors (Lipinski definition) is 1. The molecule has 1 unspecified atom stereocenters. The Kier molecular flexibility index (Phi) is 7.40. The molecule has 7 nitrogen and oxygen atoms in total. The molecule has 0 saturated carbocycles. The summed E-state index contributed by atoms with van der Waals surface area (Å²) in [5.41, 5.74) is -0.538. The topological polar surface area (TPSA) is 105 Å². The zero-order valence-corrected chi connectivity index (χ0v) is 16.1. The molecule has 0 amide bonds. The zero-order chi connectivity index (χ0) is 19.3.